The number of benzene rings is 1. The Hall–Kier alpha value is -2.61. The number of methoxy groups -OCH3 is 1. The number of hydrogen-bond donors (Lipinski definition) is 2. The number of hydrogen-bond acceptors (Lipinski definition) is 6. The molecule has 1 aliphatic heterocycles. The molecule has 0 bridgehead atoms. The minimum atomic E-state index is -1.14. The minimum Gasteiger partial charge on any atom is -0.494 e. The standard InChI is InChI=1S/C22H28FN3O4/c1-29-17-13-15(7-8-16(17)23)19-18(21(27)28)20(25-30-19)24-14-22(9-3-4-10-22)26-11-5-2-6-12-26/h7-8,13H,2-6,9-12,14H2,1H3,(H,24,25)(H,27,28). The van der Waals surface area contributed by atoms with Gasteiger partial charge in [-0.05, 0) is 57.0 Å². The van der Waals surface area contributed by atoms with Gasteiger partial charge in [0.25, 0.3) is 0 Å². The summed E-state index contributed by atoms with van der Waals surface area (Å²) in [4.78, 5) is 14.6. The van der Waals surface area contributed by atoms with E-state index in [1.807, 2.05) is 0 Å². The largest absolute Gasteiger partial charge is 0.494 e. The van der Waals surface area contributed by atoms with Crippen LogP contribution in [0.5, 0.6) is 5.75 Å². The van der Waals surface area contributed by atoms with Crippen molar-refractivity contribution in [3.05, 3.63) is 29.6 Å². The predicted octanol–water partition coefficient (Wildman–Crippen LogP) is 4.40. The zero-order chi connectivity index (χ0) is 21.1. The smallest absolute Gasteiger partial charge is 0.343 e. The lowest BCUT2D eigenvalue weighted by Gasteiger charge is -2.43. The van der Waals surface area contributed by atoms with Crippen LogP contribution in [0.15, 0.2) is 22.7 Å². The molecule has 1 aliphatic carbocycles. The van der Waals surface area contributed by atoms with E-state index < -0.39 is 11.8 Å². The van der Waals surface area contributed by atoms with E-state index in [9.17, 15) is 14.3 Å². The first-order valence-electron chi connectivity index (χ1n) is 10.6. The summed E-state index contributed by atoms with van der Waals surface area (Å²) in [5, 5.41) is 17.1. The van der Waals surface area contributed by atoms with Gasteiger partial charge >= 0.3 is 5.97 Å². The van der Waals surface area contributed by atoms with E-state index in [1.165, 1.54) is 57.4 Å². The van der Waals surface area contributed by atoms with Gasteiger partial charge in [-0.1, -0.05) is 24.4 Å². The van der Waals surface area contributed by atoms with Crippen LogP contribution in [-0.4, -0.2) is 53.4 Å². The number of ether oxygens (including phenoxy) is 1. The third-order valence-corrected chi connectivity index (χ3v) is 6.47. The number of anilines is 1. The Labute approximate surface area is 175 Å². The summed E-state index contributed by atoms with van der Waals surface area (Å²) in [6, 6.07) is 4.10. The van der Waals surface area contributed by atoms with Crippen LogP contribution in [0.3, 0.4) is 0 Å². The maximum atomic E-state index is 13.8. The fourth-order valence-electron chi connectivity index (χ4n) is 4.86. The average molecular weight is 417 g/mol. The van der Waals surface area contributed by atoms with Crippen LogP contribution in [-0.2, 0) is 0 Å². The SMILES string of the molecule is COc1cc(-c2onc(NCC3(N4CCCCC4)CCCC3)c2C(=O)O)ccc1F. The van der Waals surface area contributed by atoms with Gasteiger partial charge in [0.2, 0.25) is 0 Å². The fourth-order valence-corrected chi connectivity index (χ4v) is 4.86. The quantitative estimate of drug-likeness (QED) is 0.690. The summed E-state index contributed by atoms with van der Waals surface area (Å²) < 4.78 is 24.2. The van der Waals surface area contributed by atoms with Gasteiger partial charge in [0, 0.05) is 17.6 Å². The lowest BCUT2D eigenvalue weighted by Crippen LogP contribution is -2.53. The number of rotatable bonds is 7. The molecule has 30 heavy (non-hydrogen) atoms. The van der Waals surface area contributed by atoms with Crippen molar-refractivity contribution in [1.29, 1.82) is 0 Å². The Morgan fingerprint density at radius 1 is 1.27 bits per heavy atom. The van der Waals surface area contributed by atoms with Gasteiger partial charge in [0.15, 0.2) is 28.7 Å². The van der Waals surface area contributed by atoms with Gasteiger partial charge in [0.1, 0.15) is 0 Å². The molecule has 0 amide bonds. The predicted molar refractivity (Wildman–Crippen MR) is 111 cm³/mol. The third-order valence-electron chi connectivity index (χ3n) is 6.47. The topological polar surface area (TPSA) is 87.8 Å². The van der Waals surface area contributed by atoms with Gasteiger partial charge in [-0.15, -0.1) is 0 Å². The molecule has 1 saturated heterocycles. The first-order chi connectivity index (χ1) is 14.5. The van der Waals surface area contributed by atoms with Crippen LogP contribution in [0.2, 0.25) is 0 Å². The van der Waals surface area contributed by atoms with Crippen molar-refractivity contribution in [2.24, 2.45) is 0 Å². The normalized spacial score (nSPS) is 19.0. The molecule has 0 atom stereocenters. The average Bonchev–Trinajstić information content (AvgIpc) is 3.41. The van der Waals surface area contributed by atoms with E-state index in [0.29, 0.717) is 12.1 Å². The zero-order valence-electron chi connectivity index (χ0n) is 17.2. The van der Waals surface area contributed by atoms with Crippen LogP contribution < -0.4 is 10.1 Å². The maximum Gasteiger partial charge on any atom is 0.343 e. The lowest BCUT2D eigenvalue weighted by atomic mass is 9.92. The molecule has 2 aromatic rings. The second-order valence-corrected chi connectivity index (χ2v) is 8.22. The van der Waals surface area contributed by atoms with Crippen molar-refractivity contribution in [2.75, 3.05) is 32.1 Å². The number of aromatic carboxylic acids is 1. The van der Waals surface area contributed by atoms with Gasteiger partial charge in [-0.25, -0.2) is 9.18 Å². The summed E-state index contributed by atoms with van der Waals surface area (Å²) in [6.45, 7) is 2.81. The monoisotopic (exact) mass is 417 g/mol. The lowest BCUT2D eigenvalue weighted by molar-refractivity contribution is 0.0696. The second kappa shape index (κ2) is 8.63. The number of carboxylic acids is 1. The Bertz CT molecular complexity index is 902. The molecular formula is C22H28FN3O4. The van der Waals surface area contributed by atoms with Crippen LogP contribution in [0.25, 0.3) is 11.3 Å². The summed E-state index contributed by atoms with van der Waals surface area (Å²) >= 11 is 0. The number of nitrogens with one attached hydrogen (secondary N) is 1. The summed E-state index contributed by atoms with van der Waals surface area (Å²) in [5.74, 6) is -1.35. The number of carboxylic acid groups (broad SMARTS) is 1. The molecule has 0 unspecified atom stereocenters. The van der Waals surface area contributed by atoms with Crippen molar-refractivity contribution < 1.29 is 23.6 Å². The van der Waals surface area contributed by atoms with E-state index in [1.54, 1.807) is 0 Å². The molecule has 0 radical (unpaired) electrons. The fraction of sp³-hybridized carbons (Fsp3) is 0.545. The van der Waals surface area contributed by atoms with Crippen LogP contribution in [0.1, 0.15) is 55.3 Å². The third kappa shape index (κ3) is 3.88. The van der Waals surface area contributed by atoms with Crippen molar-refractivity contribution >= 4 is 11.8 Å². The Morgan fingerprint density at radius 2 is 2.00 bits per heavy atom. The molecule has 1 saturated carbocycles. The maximum absolute atomic E-state index is 13.8. The van der Waals surface area contributed by atoms with Gasteiger partial charge in [0.05, 0.1) is 7.11 Å². The van der Waals surface area contributed by atoms with E-state index in [2.05, 4.69) is 15.4 Å². The van der Waals surface area contributed by atoms with Crippen molar-refractivity contribution in [2.45, 2.75) is 50.5 Å². The van der Waals surface area contributed by atoms with Crippen molar-refractivity contribution in [3.8, 4) is 17.1 Å². The van der Waals surface area contributed by atoms with Crippen LogP contribution in [0.4, 0.5) is 10.2 Å². The Kier molecular flexibility index (Phi) is 5.94. The second-order valence-electron chi connectivity index (χ2n) is 8.22. The first kappa shape index (κ1) is 20.7. The number of aromatic nitrogens is 1. The van der Waals surface area contributed by atoms with E-state index in [4.69, 9.17) is 9.26 Å². The highest BCUT2D eigenvalue weighted by atomic mass is 19.1. The Balaban J connectivity index is 1.60. The molecule has 2 N–H and O–H groups in total. The molecule has 0 spiro atoms. The summed E-state index contributed by atoms with van der Waals surface area (Å²) in [5.41, 5.74) is 0.391. The number of halogens is 1. The first-order valence-corrected chi connectivity index (χ1v) is 10.6. The molecule has 2 fully saturated rings. The van der Waals surface area contributed by atoms with Crippen molar-refractivity contribution in [1.82, 2.24) is 10.1 Å². The molecular weight excluding hydrogens is 389 g/mol. The highest BCUT2D eigenvalue weighted by Crippen LogP contribution is 2.38. The molecule has 162 valence electrons. The van der Waals surface area contributed by atoms with Crippen LogP contribution in [0, 0.1) is 5.82 Å². The molecule has 1 aromatic carbocycles. The number of likely N-dealkylation sites (tertiary alicyclic amines) is 1. The van der Waals surface area contributed by atoms with Gasteiger partial charge in [-0.3, -0.25) is 4.90 Å². The molecule has 1 aromatic heterocycles. The van der Waals surface area contributed by atoms with Crippen LogP contribution >= 0.6 is 0 Å². The van der Waals surface area contributed by atoms with Crippen molar-refractivity contribution in [3.63, 3.8) is 0 Å². The van der Waals surface area contributed by atoms with E-state index in [-0.39, 0.29) is 28.4 Å². The van der Waals surface area contributed by atoms with Gasteiger partial charge in [-0.2, -0.15) is 0 Å². The van der Waals surface area contributed by atoms with E-state index >= 15 is 0 Å². The summed E-state index contributed by atoms with van der Waals surface area (Å²) in [7, 11) is 1.36. The number of carbonyl (C=O) groups is 1. The molecule has 7 nitrogen and oxygen atoms in total. The number of nitrogens with zero attached hydrogens (tertiary/aromatic N) is 2. The molecule has 2 aliphatic rings. The van der Waals surface area contributed by atoms with E-state index in [0.717, 1.165) is 25.9 Å². The van der Waals surface area contributed by atoms with Gasteiger partial charge < -0.3 is 19.7 Å². The highest BCUT2D eigenvalue weighted by molar-refractivity contribution is 5.99. The minimum absolute atomic E-state index is 0.0183. The molecule has 2 heterocycles. The zero-order valence-corrected chi connectivity index (χ0v) is 17.2. The molecule has 8 heteroatoms. The highest BCUT2D eigenvalue weighted by Gasteiger charge is 2.40. The summed E-state index contributed by atoms with van der Waals surface area (Å²) in [6.07, 6.45) is 8.26. The number of piperidine rings is 1. The Morgan fingerprint density at radius 3 is 2.67 bits per heavy atom. The molecule has 4 rings (SSSR count).